The second-order valence-corrected chi connectivity index (χ2v) is 11.5. The first-order valence-corrected chi connectivity index (χ1v) is 16.5. The number of hydrogen-bond donors (Lipinski definition) is 11. The minimum atomic E-state index is -1.35. The van der Waals surface area contributed by atoms with Gasteiger partial charge in [0, 0.05) is 13.1 Å². The molecule has 2 heterocycles. The van der Waals surface area contributed by atoms with Gasteiger partial charge in [0.1, 0.15) is 6.04 Å². The second kappa shape index (κ2) is 23.2. The molecule has 0 aromatic carbocycles. The van der Waals surface area contributed by atoms with Gasteiger partial charge in [-0.05, 0) is 19.3 Å². The van der Waals surface area contributed by atoms with Crippen molar-refractivity contribution in [3.63, 3.8) is 0 Å². The molecule has 12 amide bonds. The summed E-state index contributed by atoms with van der Waals surface area (Å²) in [6.45, 7) is -4.97. The first-order chi connectivity index (χ1) is 25.2. The predicted molar refractivity (Wildman–Crippen MR) is 177 cm³/mol. The Kier molecular flexibility index (Phi) is 18.7. The van der Waals surface area contributed by atoms with E-state index in [0.717, 1.165) is 19.3 Å². The average Bonchev–Trinajstić information content (AvgIpc) is 3.14. The van der Waals surface area contributed by atoms with E-state index in [4.69, 9.17) is 0 Å². The van der Waals surface area contributed by atoms with Crippen molar-refractivity contribution in [2.75, 3.05) is 78.5 Å². The summed E-state index contributed by atoms with van der Waals surface area (Å²) in [6, 6.07) is -1.35. The molecule has 0 saturated carbocycles. The Morgan fingerprint density at radius 3 is 0.887 bits per heavy atom. The number of hydrogen-bond acceptors (Lipinski definition) is 12. The summed E-state index contributed by atoms with van der Waals surface area (Å²) in [6.07, 6.45) is 1.78. The zero-order chi connectivity index (χ0) is 39.2. The molecule has 0 bridgehead atoms. The molecule has 53 heavy (non-hydrogen) atoms. The van der Waals surface area contributed by atoms with Gasteiger partial charge in [-0.2, -0.15) is 0 Å². The minimum absolute atomic E-state index is 0.402. The van der Waals surface area contributed by atoms with Crippen LogP contribution in [0.3, 0.4) is 0 Å². The van der Waals surface area contributed by atoms with Crippen LogP contribution in [0, 0.1) is 0 Å². The fourth-order valence-electron chi connectivity index (χ4n) is 4.39. The van der Waals surface area contributed by atoms with Crippen molar-refractivity contribution in [3.05, 3.63) is 0 Å². The standard InChI is InChI=1S/C29H44N12O12/c42-18-6-17(29(53)41-4-2-1-3-5-41)40-28(52)16-39-27(51)15-38-26(50)14-37-25(49)13-36-24(48)12-35-23(47)11-34-22(46)10-33-21(45)9-32-20(44)8-31-19(43)7-30-18/h17H,1-16H2,(H,30,42)(H,31,43)(H,32,44)(H,33,45)(H,34,46)(H,35,47)(H,36,48)(H,37,49)(H,38,50)(H,39,51)(H,40,52). The van der Waals surface area contributed by atoms with Crippen LogP contribution in [0.15, 0.2) is 0 Å². The average molecular weight is 753 g/mol. The van der Waals surface area contributed by atoms with E-state index in [1.165, 1.54) is 4.90 Å². The number of carbonyl (C=O) groups is 12. The predicted octanol–water partition coefficient (Wildman–Crippen LogP) is -8.95. The molecule has 24 nitrogen and oxygen atoms in total. The molecule has 0 aromatic heterocycles. The first-order valence-electron chi connectivity index (χ1n) is 16.5. The number of likely N-dealkylation sites (tertiary alicyclic amines) is 1. The molecule has 2 rings (SSSR count). The van der Waals surface area contributed by atoms with Gasteiger partial charge in [0.05, 0.1) is 71.9 Å². The Morgan fingerprint density at radius 2 is 0.604 bits per heavy atom. The maximum atomic E-state index is 13.2. The van der Waals surface area contributed by atoms with Crippen molar-refractivity contribution in [1.82, 2.24) is 63.4 Å². The lowest BCUT2D eigenvalue weighted by Gasteiger charge is -2.30. The quantitative estimate of drug-likeness (QED) is 0.119. The van der Waals surface area contributed by atoms with Gasteiger partial charge in [-0.15, -0.1) is 0 Å². The molecule has 1 atom stereocenters. The number of nitrogens with one attached hydrogen (secondary N) is 11. The van der Waals surface area contributed by atoms with E-state index < -0.39 is 149 Å². The molecular formula is C29H44N12O12. The smallest absolute Gasteiger partial charge is 0.245 e. The molecule has 0 radical (unpaired) electrons. The number of rotatable bonds is 1. The Bertz CT molecular complexity index is 1340. The van der Waals surface area contributed by atoms with E-state index in [1.54, 1.807) is 0 Å². The number of nitrogens with zero attached hydrogens (tertiary/aromatic N) is 1. The van der Waals surface area contributed by atoms with Gasteiger partial charge in [0.2, 0.25) is 70.9 Å². The van der Waals surface area contributed by atoms with Crippen LogP contribution in [0.1, 0.15) is 25.7 Å². The van der Waals surface area contributed by atoms with Gasteiger partial charge in [-0.1, -0.05) is 0 Å². The van der Waals surface area contributed by atoms with Gasteiger partial charge in [0.15, 0.2) is 0 Å². The van der Waals surface area contributed by atoms with Crippen molar-refractivity contribution in [3.8, 4) is 0 Å². The molecule has 2 saturated heterocycles. The van der Waals surface area contributed by atoms with Crippen LogP contribution in [0.4, 0.5) is 0 Å². The fourth-order valence-corrected chi connectivity index (χ4v) is 4.39. The number of carbonyl (C=O) groups excluding carboxylic acids is 12. The van der Waals surface area contributed by atoms with E-state index in [1.807, 2.05) is 0 Å². The Labute approximate surface area is 302 Å². The fraction of sp³-hybridized carbons (Fsp3) is 0.586. The third kappa shape index (κ3) is 19.0. The lowest BCUT2D eigenvalue weighted by molar-refractivity contribution is -0.139. The number of piperidine rings is 1. The molecule has 24 heteroatoms. The summed E-state index contributed by atoms with van der Waals surface area (Å²) in [5.41, 5.74) is 0. The molecular weight excluding hydrogens is 708 g/mol. The van der Waals surface area contributed by atoms with Crippen LogP contribution < -0.4 is 58.5 Å². The summed E-state index contributed by atoms with van der Waals surface area (Å²) in [4.78, 5) is 148. The lowest BCUT2D eigenvalue weighted by atomic mass is 10.1. The van der Waals surface area contributed by atoms with Crippen molar-refractivity contribution < 1.29 is 57.5 Å². The highest BCUT2D eigenvalue weighted by atomic mass is 16.2. The van der Waals surface area contributed by atoms with Crippen molar-refractivity contribution in [2.45, 2.75) is 31.7 Å². The summed E-state index contributed by atoms with van der Waals surface area (Å²) in [7, 11) is 0. The van der Waals surface area contributed by atoms with Crippen molar-refractivity contribution in [2.24, 2.45) is 0 Å². The van der Waals surface area contributed by atoms with Crippen LogP contribution in [-0.4, -0.2) is 160 Å². The maximum absolute atomic E-state index is 13.2. The van der Waals surface area contributed by atoms with Crippen molar-refractivity contribution in [1.29, 1.82) is 0 Å². The van der Waals surface area contributed by atoms with Crippen LogP contribution >= 0.6 is 0 Å². The number of amides is 12. The molecule has 2 aliphatic rings. The topological polar surface area (TPSA) is 340 Å². The summed E-state index contributed by atoms with van der Waals surface area (Å²) >= 11 is 0. The van der Waals surface area contributed by atoms with Gasteiger partial charge in [-0.25, -0.2) is 0 Å². The SMILES string of the molecule is O=C1CNC(=O)CNC(=O)CNC(=O)CNC(=O)CNC(=O)CC(C(=O)N2CCCCC2)NC(=O)CNC(=O)CNC(=O)CNC(=O)CNC(=O)CN1. The van der Waals surface area contributed by atoms with E-state index >= 15 is 0 Å². The third-order valence-corrected chi connectivity index (χ3v) is 7.15. The Hall–Kier alpha value is -6.36. The first kappa shape index (κ1) is 42.8. The highest BCUT2D eigenvalue weighted by molar-refractivity contribution is 5.96. The van der Waals surface area contributed by atoms with E-state index in [2.05, 4.69) is 58.5 Å². The largest absolute Gasteiger partial charge is 0.347 e. The zero-order valence-corrected chi connectivity index (χ0v) is 28.7. The van der Waals surface area contributed by atoms with Crippen molar-refractivity contribution >= 4 is 70.9 Å². The lowest BCUT2D eigenvalue weighted by Crippen LogP contribution is -2.54. The van der Waals surface area contributed by atoms with Gasteiger partial charge in [-0.3, -0.25) is 57.5 Å². The summed E-state index contributed by atoms with van der Waals surface area (Å²) in [5.74, 6) is -9.23. The van der Waals surface area contributed by atoms with Crippen LogP contribution in [0.2, 0.25) is 0 Å². The molecule has 0 aromatic rings. The molecule has 0 spiro atoms. The van der Waals surface area contributed by atoms with E-state index in [9.17, 15) is 57.5 Å². The Balaban J connectivity index is 2.00. The van der Waals surface area contributed by atoms with Crippen LogP contribution in [-0.2, 0) is 57.5 Å². The molecule has 2 fully saturated rings. The highest BCUT2D eigenvalue weighted by Crippen LogP contribution is 2.11. The molecule has 0 aliphatic carbocycles. The van der Waals surface area contributed by atoms with Crippen LogP contribution in [0.5, 0.6) is 0 Å². The van der Waals surface area contributed by atoms with Gasteiger partial charge >= 0.3 is 0 Å². The molecule has 2 aliphatic heterocycles. The summed E-state index contributed by atoms with van der Waals surface area (Å²) in [5, 5.41) is 24.5. The van der Waals surface area contributed by atoms with E-state index in [0.29, 0.717) is 13.1 Å². The highest BCUT2D eigenvalue weighted by Gasteiger charge is 2.29. The zero-order valence-electron chi connectivity index (χ0n) is 28.7. The van der Waals surface area contributed by atoms with Crippen LogP contribution in [0.25, 0.3) is 0 Å². The monoisotopic (exact) mass is 752 g/mol. The maximum Gasteiger partial charge on any atom is 0.245 e. The Morgan fingerprint density at radius 1 is 0.358 bits per heavy atom. The second-order valence-electron chi connectivity index (χ2n) is 11.5. The minimum Gasteiger partial charge on any atom is -0.347 e. The normalized spacial score (nSPS) is 21.5. The molecule has 11 N–H and O–H groups in total. The molecule has 1 unspecified atom stereocenters. The third-order valence-electron chi connectivity index (χ3n) is 7.15. The molecule has 292 valence electrons. The summed E-state index contributed by atoms with van der Waals surface area (Å²) < 4.78 is 0. The van der Waals surface area contributed by atoms with Gasteiger partial charge < -0.3 is 63.4 Å². The van der Waals surface area contributed by atoms with E-state index in [-0.39, 0.29) is 0 Å². The van der Waals surface area contributed by atoms with Gasteiger partial charge in [0.25, 0.3) is 0 Å².